The van der Waals surface area contributed by atoms with Crippen molar-refractivity contribution in [1.82, 2.24) is 0 Å². The lowest BCUT2D eigenvalue weighted by atomic mass is 10.1. The average molecular weight is 200 g/mol. The molecule has 0 aliphatic rings. The van der Waals surface area contributed by atoms with Gasteiger partial charge in [-0.3, -0.25) is 0 Å². The summed E-state index contributed by atoms with van der Waals surface area (Å²) < 4.78 is 5.30. The van der Waals surface area contributed by atoms with Crippen molar-refractivity contribution >= 4 is 0 Å². The number of aryl methyl sites for hydroxylation is 1. The maximum Gasteiger partial charge on any atom is 0.181 e. The number of ether oxygens (including phenoxy) is 1. The van der Waals surface area contributed by atoms with Gasteiger partial charge in [-0.25, -0.2) is 0 Å². The fourth-order valence-corrected chi connectivity index (χ4v) is 1.17. The van der Waals surface area contributed by atoms with E-state index in [9.17, 15) is 0 Å². The van der Waals surface area contributed by atoms with E-state index in [1.807, 2.05) is 30.3 Å². The van der Waals surface area contributed by atoms with E-state index in [4.69, 9.17) is 15.3 Å². The number of hydrogen-bond acceptors (Lipinski definition) is 3. The molecule has 1 rings (SSSR count). The molecule has 1 aromatic rings. The molecule has 0 radical (unpaired) electrons. The van der Waals surface area contributed by atoms with Crippen LogP contribution in [0, 0.1) is 22.7 Å². The molecular formula is C12H12N2O. The number of nitrogens with zero attached hydrogens (tertiary/aromatic N) is 2. The normalized spacial score (nSPS) is 11.1. The summed E-state index contributed by atoms with van der Waals surface area (Å²) in [5.41, 5.74) is 1.11. The number of hydrogen-bond donors (Lipinski definition) is 0. The SMILES string of the molecule is CC(C#N)Oc1ccc(CCC#N)cc1. The topological polar surface area (TPSA) is 56.8 Å². The van der Waals surface area contributed by atoms with Crippen LogP contribution in [0.25, 0.3) is 0 Å². The first kappa shape index (κ1) is 11.1. The van der Waals surface area contributed by atoms with E-state index >= 15 is 0 Å². The summed E-state index contributed by atoms with van der Waals surface area (Å²) in [6.07, 6.45) is 0.842. The van der Waals surface area contributed by atoms with Crippen LogP contribution in [-0.4, -0.2) is 6.10 Å². The lowest BCUT2D eigenvalue weighted by molar-refractivity contribution is 0.276. The van der Waals surface area contributed by atoms with Gasteiger partial charge in [0.2, 0.25) is 0 Å². The van der Waals surface area contributed by atoms with Crippen LogP contribution in [-0.2, 0) is 6.42 Å². The van der Waals surface area contributed by atoms with E-state index in [0.717, 1.165) is 12.0 Å². The fourth-order valence-electron chi connectivity index (χ4n) is 1.17. The van der Waals surface area contributed by atoms with E-state index in [1.165, 1.54) is 0 Å². The molecule has 3 heteroatoms. The molecule has 1 atom stereocenters. The maximum absolute atomic E-state index is 8.56. The van der Waals surface area contributed by atoms with Crippen LogP contribution < -0.4 is 4.74 Å². The van der Waals surface area contributed by atoms with Crippen molar-refractivity contribution in [2.75, 3.05) is 0 Å². The van der Waals surface area contributed by atoms with Gasteiger partial charge in [0, 0.05) is 6.42 Å². The molecule has 0 aliphatic heterocycles. The quantitative estimate of drug-likeness (QED) is 0.750. The summed E-state index contributed by atoms with van der Waals surface area (Å²) in [7, 11) is 0. The van der Waals surface area contributed by atoms with Gasteiger partial charge in [0.05, 0.1) is 6.07 Å². The molecule has 0 saturated heterocycles. The second kappa shape index (κ2) is 5.67. The summed E-state index contributed by atoms with van der Waals surface area (Å²) in [4.78, 5) is 0. The Morgan fingerprint density at radius 2 is 1.93 bits per heavy atom. The molecule has 1 aromatic carbocycles. The summed E-state index contributed by atoms with van der Waals surface area (Å²) in [5, 5.41) is 17.0. The van der Waals surface area contributed by atoms with Crippen molar-refractivity contribution in [2.45, 2.75) is 25.9 Å². The molecule has 0 spiro atoms. The van der Waals surface area contributed by atoms with Crippen LogP contribution >= 0.6 is 0 Å². The van der Waals surface area contributed by atoms with Crippen molar-refractivity contribution in [3.05, 3.63) is 29.8 Å². The van der Waals surface area contributed by atoms with Crippen LogP contribution in [0.15, 0.2) is 24.3 Å². The molecule has 0 N–H and O–H groups in total. The zero-order valence-electron chi connectivity index (χ0n) is 8.60. The predicted octanol–water partition coefficient (Wildman–Crippen LogP) is 2.43. The molecule has 0 aliphatic carbocycles. The molecule has 76 valence electrons. The Kier molecular flexibility index (Phi) is 4.19. The van der Waals surface area contributed by atoms with Gasteiger partial charge in [0.25, 0.3) is 0 Å². The maximum atomic E-state index is 8.56. The van der Waals surface area contributed by atoms with Crippen LogP contribution in [0.4, 0.5) is 0 Å². The molecule has 3 nitrogen and oxygen atoms in total. The summed E-state index contributed by atoms with van der Waals surface area (Å²) in [6, 6.07) is 11.6. The molecule has 0 amide bonds. The van der Waals surface area contributed by atoms with Gasteiger partial charge in [0.15, 0.2) is 6.10 Å². The highest BCUT2D eigenvalue weighted by Crippen LogP contribution is 2.14. The van der Waals surface area contributed by atoms with Crippen molar-refractivity contribution in [1.29, 1.82) is 10.5 Å². The summed E-state index contributed by atoms with van der Waals surface area (Å²) >= 11 is 0. The molecule has 0 aromatic heterocycles. The minimum Gasteiger partial charge on any atom is -0.476 e. The van der Waals surface area contributed by atoms with E-state index in [2.05, 4.69) is 6.07 Å². The second-order valence-electron chi connectivity index (χ2n) is 3.19. The number of nitriles is 2. The highest BCUT2D eigenvalue weighted by atomic mass is 16.5. The third-order valence-corrected chi connectivity index (χ3v) is 1.94. The van der Waals surface area contributed by atoms with Gasteiger partial charge in [-0.15, -0.1) is 0 Å². The monoisotopic (exact) mass is 200 g/mol. The Morgan fingerprint density at radius 1 is 1.27 bits per heavy atom. The van der Waals surface area contributed by atoms with Gasteiger partial charge in [-0.05, 0) is 31.0 Å². The molecular weight excluding hydrogens is 188 g/mol. The summed E-state index contributed by atoms with van der Waals surface area (Å²) in [5.74, 6) is 0.685. The van der Waals surface area contributed by atoms with Crippen molar-refractivity contribution in [3.63, 3.8) is 0 Å². The predicted molar refractivity (Wildman–Crippen MR) is 56.1 cm³/mol. The number of benzene rings is 1. The first-order chi connectivity index (χ1) is 7.26. The van der Waals surface area contributed by atoms with E-state index in [0.29, 0.717) is 12.2 Å². The minimum atomic E-state index is -0.435. The Labute approximate surface area is 89.5 Å². The van der Waals surface area contributed by atoms with Crippen LogP contribution in [0.5, 0.6) is 5.75 Å². The van der Waals surface area contributed by atoms with Gasteiger partial charge in [-0.1, -0.05) is 12.1 Å². The van der Waals surface area contributed by atoms with Crippen LogP contribution in [0.3, 0.4) is 0 Å². The molecule has 0 saturated carbocycles. The lowest BCUT2D eigenvalue weighted by Gasteiger charge is -2.07. The summed E-state index contributed by atoms with van der Waals surface area (Å²) in [6.45, 7) is 1.70. The van der Waals surface area contributed by atoms with Crippen molar-refractivity contribution < 1.29 is 4.74 Å². The van der Waals surface area contributed by atoms with Crippen LogP contribution in [0.1, 0.15) is 18.9 Å². The van der Waals surface area contributed by atoms with E-state index in [-0.39, 0.29) is 0 Å². The first-order valence-corrected chi connectivity index (χ1v) is 4.78. The second-order valence-corrected chi connectivity index (χ2v) is 3.19. The van der Waals surface area contributed by atoms with Gasteiger partial charge < -0.3 is 4.74 Å². The minimum absolute atomic E-state index is 0.435. The largest absolute Gasteiger partial charge is 0.476 e. The van der Waals surface area contributed by atoms with Crippen molar-refractivity contribution in [2.24, 2.45) is 0 Å². The standard InChI is InChI=1S/C12H12N2O/c1-10(9-14)15-12-6-4-11(5-7-12)3-2-8-13/h4-7,10H,2-3H2,1H3. The number of rotatable bonds is 4. The van der Waals surface area contributed by atoms with Crippen molar-refractivity contribution in [3.8, 4) is 17.9 Å². The Morgan fingerprint density at radius 3 is 2.47 bits per heavy atom. The Bertz CT molecular complexity index is 384. The Hall–Kier alpha value is -2.00. The van der Waals surface area contributed by atoms with Crippen LogP contribution in [0.2, 0.25) is 0 Å². The van der Waals surface area contributed by atoms with E-state index < -0.39 is 6.10 Å². The molecule has 0 heterocycles. The van der Waals surface area contributed by atoms with Gasteiger partial charge in [0.1, 0.15) is 11.8 Å². The molecule has 0 bridgehead atoms. The lowest BCUT2D eigenvalue weighted by Crippen LogP contribution is -2.07. The zero-order chi connectivity index (χ0) is 11.1. The van der Waals surface area contributed by atoms with Gasteiger partial charge >= 0.3 is 0 Å². The third-order valence-electron chi connectivity index (χ3n) is 1.94. The molecule has 0 fully saturated rings. The highest BCUT2D eigenvalue weighted by Gasteiger charge is 2.01. The highest BCUT2D eigenvalue weighted by molar-refractivity contribution is 5.28. The average Bonchev–Trinajstić information content (AvgIpc) is 2.28. The smallest absolute Gasteiger partial charge is 0.181 e. The Balaban J connectivity index is 2.58. The first-order valence-electron chi connectivity index (χ1n) is 4.78. The molecule has 1 unspecified atom stereocenters. The third kappa shape index (κ3) is 3.70. The van der Waals surface area contributed by atoms with E-state index in [1.54, 1.807) is 6.92 Å². The van der Waals surface area contributed by atoms with Gasteiger partial charge in [-0.2, -0.15) is 10.5 Å². The zero-order valence-corrected chi connectivity index (χ0v) is 8.60. The fraction of sp³-hybridized carbons (Fsp3) is 0.333. The molecule has 15 heavy (non-hydrogen) atoms.